The first-order valence-electron chi connectivity index (χ1n) is 15.7. The molecule has 0 atom stereocenters. The number of fused-ring (bicyclic) bond motifs is 3. The smallest absolute Gasteiger partial charge is 0.230 e. The summed E-state index contributed by atoms with van der Waals surface area (Å²) >= 11 is 0. The minimum atomic E-state index is -0.776. The second-order valence-corrected chi connectivity index (χ2v) is 15.6. The highest BCUT2D eigenvalue weighted by Gasteiger charge is 2.31. The first kappa shape index (κ1) is 31.0. The van der Waals surface area contributed by atoms with Crippen molar-refractivity contribution < 1.29 is 18.9 Å². The fourth-order valence-corrected chi connectivity index (χ4v) is 11.0. The Bertz CT molecular complexity index is 1710. The van der Waals surface area contributed by atoms with Crippen LogP contribution in [0.1, 0.15) is 11.1 Å². The number of hydrogen-bond acceptors (Lipinski definition) is 4. The third-order valence-electron chi connectivity index (χ3n) is 8.49. The summed E-state index contributed by atoms with van der Waals surface area (Å²) < 4.78 is 25.0. The van der Waals surface area contributed by atoms with E-state index >= 15 is 0 Å². The van der Waals surface area contributed by atoms with Crippen LogP contribution < -0.4 is 40.2 Å². The molecule has 0 amide bonds. The molecule has 0 unspecified atom stereocenters. The molecule has 0 radical (unpaired) electrons. The molecule has 0 fully saturated rings. The maximum atomic E-state index is 6.36. The van der Waals surface area contributed by atoms with Gasteiger partial charge < -0.3 is 18.9 Å². The van der Waals surface area contributed by atoms with Gasteiger partial charge in [0.1, 0.15) is 23.0 Å². The monoisotopic (exact) mass is 654 g/mol. The molecule has 0 saturated heterocycles. The molecule has 0 bridgehead atoms. The lowest BCUT2D eigenvalue weighted by Gasteiger charge is -2.26. The standard InChI is InChI=1S/C41H36O4P2/c1-42-36-23-25-38-40(34(36)27-46(30-15-7-3-8-16-30)31-17-9-4-10-18-31)41-35(37(43-2)24-26-39(41)45-29-44-38)28-47(32-19-11-5-12-20-32)33-21-13-6-14-22-33/h3-26H,27-29H2,1-2H3. The average molecular weight is 655 g/mol. The SMILES string of the molecule is COc1ccc2c(c1CP(c1ccccc1)c1ccccc1)-c1c(ccc(OC)c1CP(c1ccccc1)c1ccccc1)OCO2. The Kier molecular flexibility index (Phi) is 9.52. The normalized spacial score (nSPS) is 12.0. The maximum Gasteiger partial charge on any atom is 0.230 e. The highest BCUT2D eigenvalue weighted by molar-refractivity contribution is 7.72. The van der Waals surface area contributed by atoms with Gasteiger partial charge in [0.25, 0.3) is 0 Å². The first-order valence-corrected chi connectivity index (χ1v) is 18.7. The molecular formula is C41H36O4P2. The summed E-state index contributed by atoms with van der Waals surface area (Å²) in [6.07, 6.45) is 1.53. The molecule has 1 aliphatic rings. The first-order chi connectivity index (χ1) is 23.2. The topological polar surface area (TPSA) is 36.9 Å². The van der Waals surface area contributed by atoms with Gasteiger partial charge >= 0.3 is 0 Å². The fourth-order valence-electron chi connectivity index (χ4n) is 6.27. The van der Waals surface area contributed by atoms with Crippen LogP contribution in [-0.2, 0) is 12.3 Å². The largest absolute Gasteiger partial charge is 0.496 e. The Labute approximate surface area is 279 Å². The van der Waals surface area contributed by atoms with Crippen LogP contribution >= 0.6 is 15.8 Å². The van der Waals surface area contributed by atoms with Crippen LogP contribution in [0.3, 0.4) is 0 Å². The van der Waals surface area contributed by atoms with Crippen LogP contribution in [-0.4, -0.2) is 21.0 Å². The predicted octanol–water partition coefficient (Wildman–Crippen LogP) is 8.37. The molecule has 0 spiro atoms. The van der Waals surface area contributed by atoms with Gasteiger partial charge in [-0.2, -0.15) is 0 Å². The lowest BCUT2D eigenvalue weighted by molar-refractivity contribution is 0.124. The van der Waals surface area contributed by atoms with Gasteiger partial charge in [-0.05, 0) is 61.3 Å². The van der Waals surface area contributed by atoms with Crippen molar-refractivity contribution in [3.63, 3.8) is 0 Å². The maximum absolute atomic E-state index is 6.36. The molecule has 7 rings (SSSR count). The van der Waals surface area contributed by atoms with Gasteiger partial charge in [-0.25, -0.2) is 0 Å². The number of methoxy groups -OCH3 is 2. The summed E-state index contributed by atoms with van der Waals surface area (Å²) in [5.41, 5.74) is 4.24. The second kappa shape index (κ2) is 14.4. The fraction of sp³-hybridized carbons (Fsp3) is 0.122. The summed E-state index contributed by atoms with van der Waals surface area (Å²) in [5, 5.41) is 5.23. The third kappa shape index (κ3) is 6.50. The van der Waals surface area contributed by atoms with Gasteiger partial charge in [0, 0.05) is 34.6 Å². The summed E-state index contributed by atoms with van der Waals surface area (Å²) in [6.45, 7) is 0.121. The lowest BCUT2D eigenvalue weighted by atomic mass is 9.93. The molecule has 0 saturated carbocycles. The molecule has 6 aromatic carbocycles. The average Bonchev–Trinajstić information content (AvgIpc) is 3.34. The van der Waals surface area contributed by atoms with Crippen LogP contribution in [0.5, 0.6) is 23.0 Å². The zero-order valence-electron chi connectivity index (χ0n) is 26.5. The van der Waals surface area contributed by atoms with Crippen LogP contribution in [0, 0.1) is 0 Å². The van der Waals surface area contributed by atoms with Crippen molar-refractivity contribution in [1.29, 1.82) is 0 Å². The van der Waals surface area contributed by atoms with Gasteiger partial charge in [0.15, 0.2) is 0 Å². The number of ether oxygens (including phenoxy) is 4. The van der Waals surface area contributed by atoms with Crippen LogP contribution in [0.4, 0.5) is 0 Å². The zero-order valence-corrected chi connectivity index (χ0v) is 28.3. The van der Waals surface area contributed by atoms with Crippen molar-refractivity contribution in [3.8, 4) is 34.1 Å². The second-order valence-electron chi connectivity index (χ2n) is 11.2. The molecule has 234 valence electrons. The van der Waals surface area contributed by atoms with Crippen molar-refractivity contribution in [2.45, 2.75) is 12.3 Å². The summed E-state index contributed by atoms with van der Waals surface area (Å²) in [7, 11) is 1.96. The van der Waals surface area contributed by atoms with Crippen LogP contribution in [0.15, 0.2) is 146 Å². The van der Waals surface area contributed by atoms with Gasteiger partial charge in [-0.1, -0.05) is 121 Å². The molecule has 6 heteroatoms. The van der Waals surface area contributed by atoms with E-state index in [-0.39, 0.29) is 6.79 Å². The highest BCUT2D eigenvalue weighted by atomic mass is 31.1. The van der Waals surface area contributed by atoms with Gasteiger partial charge in [-0.3, -0.25) is 0 Å². The van der Waals surface area contributed by atoms with E-state index in [1.807, 2.05) is 24.3 Å². The molecule has 1 heterocycles. The molecule has 4 nitrogen and oxygen atoms in total. The van der Waals surface area contributed by atoms with Crippen molar-refractivity contribution in [2.75, 3.05) is 21.0 Å². The van der Waals surface area contributed by atoms with Crippen LogP contribution in [0.2, 0.25) is 0 Å². The quantitative estimate of drug-likeness (QED) is 0.139. The Morgan fingerprint density at radius 3 is 1.06 bits per heavy atom. The molecule has 0 N–H and O–H groups in total. The minimum Gasteiger partial charge on any atom is -0.496 e. The molecule has 1 aliphatic heterocycles. The molecule has 0 aromatic heterocycles. The van der Waals surface area contributed by atoms with Gasteiger partial charge in [0.2, 0.25) is 6.79 Å². The van der Waals surface area contributed by atoms with E-state index < -0.39 is 15.8 Å². The Balaban J connectivity index is 1.45. The summed E-state index contributed by atoms with van der Waals surface area (Å²) in [5.74, 6) is 3.24. The van der Waals surface area contributed by atoms with Crippen molar-refractivity contribution in [1.82, 2.24) is 0 Å². The summed E-state index contributed by atoms with van der Waals surface area (Å²) in [6, 6.07) is 51.3. The number of rotatable bonds is 10. The van der Waals surface area contributed by atoms with Crippen molar-refractivity contribution >= 4 is 37.1 Å². The number of hydrogen-bond donors (Lipinski definition) is 0. The summed E-state index contributed by atoms with van der Waals surface area (Å²) in [4.78, 5) is 0. The minimum absolute atomic E-state index is 0.121. The molecule has 0 aliphatic carbocycles. The predicted molar refractivity (Wildman–Crippen MR) is 197 cm³/mol. The van der Waals surface area contributed by atoms with Crippen molar-refractivity contribution in [3.05, 3.63) is 157 Å². The van der Waals surface area contributed by atoms with E-state index in [1.54, 1.807) is 14.2 Å². The van der Waals surface area contributed by atoms with Crippen molar-refractivity contribution in [2.24, 2.45) is 0 Å². The van der Waals surface area contributed by atoms with Gasteiger partial charge in [0.05, 0.1) is 14.2 Å². The third-order valence-corrected chi connectivity index (χ3v) is 13.4. The van der Waals surface area contributed by atoms with E-state index in [0.29, 0.717) is 0 Å². The lowest BCUT2D eigenvalue weighted by Crippen LogP contribution is -2.15. The van der Waals surface area contributed by atoms with Gasteiger partial charge in [-0.15, -0.1) is 0 Å². The molecule has 6 aromatic rings. The zero-order chi connectivity index (χ0) is 32.0. The number of benzene rings is 6. The highest BCUT2D eigenvalue weighted by Crippen LogP contribution is 2.54. The molecule has 47 heavy (non-hydrogen) atoms. The Morgan fingerprint density at radius 1 is 0.447 bits per heavy atom. The Hall–Kier alpha value is -4.62. The van der Waals surface area contributed by atoms with Crippen LogP contribution in [0.25, 0.3) is 11.1 Å². The van der Waals surface area contributed by atoms with E-state index in [1.165, 1.54) is 21.2 Å². The molecular weight excluding hydrogens is 618 g/mol. The van der Waals surface area contributed by atoms with E-state index in [4.69, 9.17) is 18.9 Å². The van der Waals surface area contributed by atoms with E-state index in [9.17, 15) is 0 Å². The van der Waals surface area contributed by atoms with E-state index in [2.05, 4.69) is 121 Å². The Morgan fingerprint density at radius 2 is 0.766 bits per heavy atom. The van der Waals surface area contributed by atoms with E-state index in [0.717, 1.165) is 57.6 Å².